The fourth-order valence-corrected chi connectivity index (χ4v) is 4.22. The maximum atomic E-state index is 13.3. The van der Waals surface area contributed by atoms with Crippen LogP contribution in [0.2, 0.25) is 0 Å². The SMILES string of the molecule is Cc1cccc(N(Cc2ccccc2C)S(=O)(=O)c2ccccc2)c1. The summed E-state index contributed by atoms with van der Waals surface area (Å²) in [4.78, 5) is 0.296. The molecule has 0 bridgehead atoms. The number of nitrogens with zero attached hydrogens (tertiary/aromatic N) is 1. The second-order valence-electron chi connectivity index (χ2n) is 6.09. The summed E-state index contributed by atoms with van der Waals surface area (Å²) >= 11 is 0. The van der Waals surface area contributed by atoms with Crippen LogP contribution in [0, 0.1) is 13.8 Å². The zero-order valence-corrected chi connectivity index (χ0v) is 15.2. The second kappa shape index (κ2) is 7.11. The van der Waals surface area contributed by atoms with Gasteiger partial charge in [0.15, 0.2) is 0 Å². The molecule has 3 aromatic rings. The van der Waals surface area contributed by atoms with Crippen molar-refractivity contribution in [2.24, 2.45) is 0 Å². The number of hydrogen-bond acceptors (Lipinski definition) is 2. The Morgan fingerprint density at radius 2 is 1.48 bits per heavy atom. The van der Waals surface area contributed by atoms with Crippen LogP contribution in [0.25, 0.3) is 0 Å². The smallest absolute Gasteiger partial charge is 0.262 e. The molecule has 3 aromatic carbocycles. The summed E-state index contributed by atoms with van der Waals surface area (Å²) < 4.78 is 28.1. The van der Waals surface area contributed by atoms with Crippen molar-refractivity contribution in [2.75, 3.05) is 4.31 Å². The van der Waals surface area contributed by atoms with E-state index in [0.717, 1.165) is 16.7 Å². The van der Waals surface area contributed by atoms with Crippen molar-refractivity contribution < 1.29 is 8.42 Å². The first-order valence-corrected chi connectivity index (χ1v) is 9.61. The number of hydrogen-bond donors (Lipinski definition) is 0. The summed E-state index contributed by atoms with van der Waals surface area (Å²) in [6.45, 7) is 4.26. The maximum absolute atomic E-state index is 13.3. The fraction of sp³-hybridized carbons (Fsp3) is 0.143. The summed E-state index contributed by atoms with van der Waals surface area (Å²) in [6, 6.07) is 24.0. The quantitative estimate of drug-likeness (QED) is 0.668. The Bertz CT molecular complexity index is 966. The molecule has 0 saturated carbocycles. The molecule has 0 aliphatic rings. The molecule has 0 saturated heterocycles. The largest absolute Gasteiger partial charge is 0.264 e. The van der Waals surface area contributed by atoms with Gasteiger partial charge < -0.3 is 0 Å². The number of anilines is 1. The molecule has 0 atom stereocenters. The van der Waals surface area contributed by atoms with Crippen LogP contribution in [0.15, 0.2) is 83.8 Å². The molecule has 0 aliphatic heterocycles. The summed E-state index contributed by atoms with van der Waals surface area (Å²) in [5, 5.41) is 0. The van der Waals surface area contributed by atoms with Crippen LogP contribution in [0.5, 0.6) is 0 Å². The third-order valence-electron chi connectivity index (χ3n) is 4.20. The van der Waals surface area contributed by atoms with E-state index >= 15 is 0 Å². The Morgan fingerprint density at radius 1 is 0.800 bits per heavy atom. The monoisotopic (exact) mass is 351 g/mol. The molecule has 0 aromatic heterocycles. The van der Waals surface area contributed by atoms with Crippen LogP contribution in [-0.2, 0) is 16.6 Å². The van der Waals surface area contributed by atoms with Crippen LogP contribution in [0.3, 0.4) is 0 Å². The fourth-order valence-electron chi connectivity index (χ4n) is 2.76. The van der Waals surface area contributed by atoms with E-state index in [9.17, 15) is 8.42 Å². The van der Waals surface area contributed by atoms with Gasteiger partial charge in [0.25, 0.3) is 10.0 Å². The second-order valence-corrected chi connectivity index (χ2v) is 7.95. The molecule has 0 amide bonds. The lowest BCUT2D eigenvalue weighted by Gasteiger charge is -2.25. The zero-order valence-electron chi connectivity index (χ0n) is 14.4. The van der Waals surface area contributed by atoms with Crippen molar-refractivity contribution in [3.63, 3.8) is 0 Å². The standard InChI is InChI=1S/C21H21NO2S/c1-17-9-8-12-20(15-17)22(16-19-11-7-6-10-18(19)2)25(23,24)21-13-4-3-5-14-21/h3-15H,16H2,1-2H3. The summed E-state index contributed by atoms with van der Waals surface area (Å²) in [5.41, 5.74) is 3.76. The Morgan fingerprint density at radius 3 is 2.16 bits per heavy atom. The van der Waals surface area contributed by atoms with E-state index in [1.165, 1.54) is 4.31 Å². The predicted octanol–water partition coefficient (Wildman–Crippen LogP) is 4.70. The minimum absolute atomic E-state index is 0.296. The first-order chi connectivity index (χ1) is 12.0. The normalized spacial score (nSPS) is 11.3. The van der Waals surface area contributed by atoms with Gasteiger partial charge in [0.05, 0.1) is 17.1 Å². The number of rotatable bonds is 5. The van der Waals surface area contributed by atoms with E-state index in [4.69, 9.17) is 0 Å². The van der Waals surface area contributed by atoms with Crippen molar-refractivity contribution in [3.05, 3.63) is 95.6 Å². The van der Waals surface area contributed by atoms with Gasteiger partial charge in [0.1, 0.15) is 0 Å². The van der Waals surface area contributed by atoms with Gasteiger partial charge in [-0.05, 0) is 54.8 Å². The van der Waals surface area contributed by atoms with E-state index in [1.54, 1.807) is 24.3 Å². The molecule has 3 rings (SSSR count). The highest BCUT2D eigenvalue weighted by Crippen LogP contribution is 2.27. The van der Waals surface area contributed by atoms with Crippen LogP contribution < -0.4 is 4.31 Å². The maximum Gasteiger partial charge on any atom is 0.264 e. The van der Waals surface area contributed by atoms with Crippen LogP contribution in [0.1, 0.15) is 16.7 Å². The summed E-state index contributed by atoms with van der Waals surface area (Å²) in [7, 11) is -3.65. The molecule has 0 unspecified atom stereocenters. The minimum atomic E-state index is -3.65. The molecular weight excluding hydrogens is 330 g/mol. The van der Waals surface area contributed by atoms with Crippen molar-refractivity contribution in [1.29, 1.82) is 0 Å². The van der Waals surface area contributed by atoms with Gasteiger partial charge in [-0.1, -0.05) is 54.6 Å². The Kier molecular flexibility index (Phi) is 4.91. The van der Waals surface area contributed by atoms with Crippen molar-refractivity contribution in [1.82, 2.24) is 0 Å². The van der Waals surface area contributed by atoms with Gasteiger partial charge in [0.2, 0.25) is 0 Å². The molecule has 0 aliphatic carbocycles. The van der Waals surface area contributed by atoms with Gasteiger partial charge in [0, 0.05) is 0 Å². The lowest BCUT2D eigenvalue weighted by atomic mass is 10.1. The number of aryl methyl sites for hydroxylation is 2. The third kappa shape index (κ3) is 3.74. The topological polar surface area (TPSA) is 37.4 Å². The predicted molar refractivity (Wildman–Crippen MR) is 102 cm³/mol. The third-order valence-corrected chi connectivity index (χ3v) is 5.98. The van der Waals surface area contributed by atoms with Crippen molar-refractivity contribution in [2.45, 2.75) is 25.3 Å². The molecule has 0 heterocycles. The van der Waals surface area contributed by atoms with Gasteiger partial charge in [-0.25, -0.2) is 8.42 Å². The molecular formula is C21H21NO2S. The van der Waals surface area contributed by atoms with E-state index in [0.29, 0.717) is 17.1 Å². The van der Waals surface area contributed by atoms with E-state index < -0.39 is 10.0 Å². The van der Waals surface area contributed by atoms with Crippen molar-refractivity contribution >= 4 is 15.7 Å². The summed E-state index contributed by atoms with van der Waals surface area (Å²) in [5.74, 6) is 0. The molecule has 4 heteroatoms. The Balaban J connectivity index is 2.11. The highest BCUT2D eigenvalue weighted by Gasteiger charge is 2.25. The van der Waals surface area contributed by atoms with Gasteiger partial charge in [-0.3, -0.25) is 4.31 Å². The average Bonchev–Trinajstić information content (AvgIpc) is 2.61. The highest BCUT2D eigenvalue weighted by atomic mass is 32.2. The van der Waals surface area contributed by atoms with Crippen LogP contribution in [-0.4, -0.2) is 8.42 Å². The minimum Gasteiger partial charge on any atom is -0.262 e. The van der Waals surface area contributed by atoms with Gasteiger partial charge in [-0.2, -0.15) is 0 Å². The molecule has 0 radical (unpaired) electrons. The molecule has 0 spiro atoms. The molecule has 25 heavy (non-hydrogen) atoms. The number of sulfonamides is 1. The number of benzene rings is 3. The Labute approximate surface area is 149 Å². The zero-order chi connectivity index (χ0) is 17.9. The lowest BCUT2D eigenvalue weighted by molar-refractivity contribution is 0.590. The van der Waals surface area contributed by atoms with E-state index in [2.05, 4.69) is 0 Å². The van der Waals surface area contributed by atoms with Gasteiger partial charge >= 0.3 is 0 Å². The molecule has 0 fully saturated rings. The van der Waals surface area contributed by atoms with E-state index in [-0.39, 0.29) is 0 Å². The van der Waals surface area contributed by atoms with Crippen LogP contribution >= 0.6 is 0 Å². The van der Waals surface area contributed by atoms with Crippen LogP contribution in [0.4, 0.5) is 5.69 Å². The van der Waals surface area contributed by atoms with Crippen molar-refractivity contribution in [3.8, 4) is 0 Å². The molecule has 3 nitrogen and oxygen atoms in total. The highest BCUT2D eigenvalue weighted by molar-refractivity contribution is 7.92. The first kappa shape index (κ1) is 17.2. The first-order valence-electron chi connectivity index (χ1n) is 8.17. The van der Waals surface area contributed by atoms with E-state index in [1.807, 2.05) is 68.4 Å². The van der Waals surface area contributed by atoms with Gasteiger partial charge in [-0.15, -0.1) is 0 Å². The Hall–Kier alpha value is -2.59. The lowest BCUT2D eigenvalue weighted by Crippen LogP contribution is -2.30. The summed E-state index contributed by atoms with van der Waals surface area (Å²) in [6.07, 6.45) is 0. The average molecular weight is 351 g/mol. The molecule has 0 N–H and O–H groups in total. The molecule has 128 valence electrons.